The standard InChI is InChI=1S/C18H21NO2/c1-3-19(17-11-7-8-15(2)14-17)12-13-21-18(20)16-9-5-4-6-10-16/h4-11,14H,3,12-13H2,1-2H3. The van der Waals surface area contributed by atoms with E-state index in [2.05, 4.69) is 36.9 Å². The number of rotatable bonds is 6. The lowest BCUT2D eigenvalue weighted by atomic mass is 10.2. The molecule has 0 aliphatic rings. The molecule has 0 atom stereocenters. The van der Waals surface area contributed by atoms with E-state index in [4.69, 9.17) is 4.74 Å². The first-order valence-corrected chi connectivity index (χ1v) is 7.24. The van der Waals surface area contributed by atoms with Crippen molar-refractivity contribution in [3.05, 3.63) is 65.7 Å². The summed E-state index contributed by atoms with van der Waals surface area (Å²) < 4.78 is 5.33. The molecular weight excluding hydrogens is 262 g/mol. The molecule has 2 rings (SSSR count). The topological polar surface area (TPSA) is 29.5 Å². The fourth-order valence-electron chi connectivity index (χ4n) is 2.20. The molecule has 0 unspecified atom stereocenters. The number of carbonyl (C=O) groups is 1. The molecule has 2 aromatic carbocycles. The Morgan fingerprint density at radius 3 is 2.52 bits per heavy atom. The first-order valence-electron chi connectivity index (χ1n) is 7.24. The van der Waals surface area contributed by atoms with Gasteiger partial charge in [0.2, 0.25) is 0 Å². The Bertz CT molecular complexity index is 581. The summed E-state index contributed by atoms with van der Waals surface area (Å²) in [7, 11) is 0. The highest BCUT2D eigenvalue weighted by atomic mass is 16.5. The van der Waals surface area contributed by atoms with Crippen molar-refractivity contribution >= 4 is 11.7 Å². The third-order valence-corrected chi connectivity index (χ3v) is 3.35. The average Bonchev–Trinajstić information content (AvgIpc) is 2.52. The summed E-state index contributed by atoms with van der Waals surface area (Å²) in [6.07, 6.45) is 0. The quantitative estimate of drug-likeness (QED) is 0.757. The van der Waals surface area contributed by atoms with Gasteiger partial charge in [-0.05, 0) is 43.7 Å². The molecule has 2 aromatic rings. The van der Waals surface area contributed by atoms with Crippen LogP contribution < -0.4 is 4.90 Å². The van der Waals surface area contributed by atoms with Crippen molar-refractivity contribution in [2.45, 2.75) is 13.8 Å². The van der Waals surface area contributed by atoms with Crippen LogP contribution in [-0.4, -0.2) is 25.7 Å². The summed E-state index contributed by atoms with van der Waals surface area (Å²) in [5.74, 6) is -0.268. The zero-order chi connectivity index (χ0) is 15.1. The lowest BCUT2D eigenvalue weighted by molar-refractivity contribution is 0.0515. The van der Waals surface area contributed by atoms with Gasteiger partial charge in [-0.2, -0.15) is 0 Å². The lowest BCUT2D eigenvalue weighted by Gasteiger charge is -2.23. The summed E-state index contributed by atoms with van der Waals surface area (Å²) in [4.78, 5) is 14.1. The highest BCUT2D eigenvalue weighted by Gasteiger charge is 2.08. The molecule has 0 radical (unpaired) electrons. The number of aryl methyl sites for hydroxylation is 1. The number of ether oxygens (including phenoxy) is 1. The molecule has 0 aromatic heterocycles. The summed E-state index contributed by atoms with van der Waals surface area (Å²) in [6, 6.07) is 17.4. The molecular formula is C18H21NO2. The van der Waals surface area contributed by atoms with Gasteiger partial charge in [0.15, 0.2) is 0 Å². The van der Waals surface area contributed by atoms with Gasteiger partial charge in [-0.3, -0.25) is 0 Å². The number of hydrogen-bond donors (Lipinski definition) is 0. The zero-order valence-corrected chi connectivity index (χ0v) is 12.6. The minimum Gasteiger partial charge on any atom is -0.460 e. The zero-order valence-electron chi connectivity index (χ0n) is 12.6. The fraction of sp³-hybridized carbons (Fsp3) is 0.278. The Balaban J connectivity index is 1.88. The van der Waals surface area contributed by atoms with Crippen molar-refractivity contribution < 1.29 is 9.53 Å². The fourth-order valence-corrected chi connectivity index (χ4v) is 2.20. The number of carbonyl (C=O) groups excluding carboxylic acids is 1. The molecule has 0 N–H and O–H groups in total. The third kappa shape index (κ3) is 4.35. The molecule has 3 heteroatoms. The van der Waals surface area contributed by atoms with Crippen molar-refractivity contribution in [1.29, 1.82) is 0 Å². The monoisotopic (exact) mass is 283 g/mol. The van der Waals surface area contributed by atoms with E-state index in [-0.39, 0.29) is 5.97 Å². The maximum absolute atomic E-state index is 11.9. The smallest absolute Gasteiger partial charge is 0.338 e. The molecule has 0 saturated carbocycles. The van der Waals surface area contributed by atoms with Crippen LogP contribution in [0, 0.1) is 6.92 Å². The summed E-state index contributed by atoms with van der Waals surface area (Å²) in [6.45, 7) is 6.13. The van der Waals surface area contributed by atoms with Crippen LogP contribution in [-0.2, 0) is 4.74 Å². The number of esters is 1. The van der Waals surface area contributed by atoms with E-state index in [1.807, 2.05) is 24.3 Å². The van der Waals surface area contributed by atoms with Crippen LogP contribution in [0.25, 0.3) is 0 Å². The van der Waals surface area contributed by atoms with Crippen LogP contribution in [0.2, 0.25) is 0 Å². The third-order valence-electron chi connectivity index (χ3n) is 3.35. The predicted molar refractivity (Wildman–Crippen MR) is 85.8 cm³/mol. The number of benzene rings is 2. The van der Waals surface area contributed by atoms with Crippen LogP contribution in [0.1, 0.15) is 22.8 Å². The average molecular weight is 283 g/mol. The summed E-state index contributed by atoms with van der Waals surface area (Å²) in [5, 5.41) is 0. The number of anilines is 1. The molecule has 0 saturated heterocycles. The molecule has 0 spiro atoms. The second kappa shape index (κ2) is 7.48. The van der Waals surface area contributed by atoms with Gasteiger partial charge in [0.25, 0.3) is 0 Å². The van der Waals surface area contributed by atoms with Gasteiger partial charge in [-0.1, -0.05) is 30.3 Å². The van der Waals surface area contributed by atoms with Crippen molar-refractivity contribution in [1.82, 2.24) is 0 Å². The molecule has 0 heterocycles. The molecule has 21 heavy (non-hydrogen) atoms. The summed E-state index contributed by atoms with van der Waals surface area (Å²) in [5.41, 5.74) is 2.98. The highest BCUT2D eigenvalue weighted by molar-refractivity contribution is 5.89. The maximum atomic E-state index is 11.9. The Labute approximate surface area is 126 Å². The van der Waals surface area contributed by atoms with Gasteiger partial charge in [0, 0.05) is 12.2 Å². The van der Waals surface area contributed by atoms with E-state index in [0.717, 1.165) is 12.2 Å². The first kappa shape index (κ1) is 15.1. The van der Waals surface area contributed by atoms with E-state index in [1.165, 1.54) is 5.56 Å². The second-order valence-electron chi connectivity index (χ2n) is 4.92. The van der Waals surface area contributed by atoms with E-state index < -0.39 is 0 Å². The van der Waals surface area contributed by atoms with Gasteiger partial charge in [0.1, 0.15) is 6.61 Å². The Morgan fingerprint density at radius 2 is 1.86 bits per heavy atom. The second-order valence-corrected chi connectivity index (χ2v) is 4.92. The molecule has 0 aliphatic carbocycles. The Hall–Kier alpha value is -2.29. The van der Waals surface area contributed by atoms with Crippen molar-refractivity contribution in [3.8, 4) is 0 Å². The summed E-state index contributed by atoms with van der Waals surface area (Å²) >= 11 is 0. The number of likely N-dealkylation sites (N-methyl/N-ethyl adjacent to an activating group) is 1. The van der Waals surface area contributed by atoms with Gasteiger partial charge < -0.3 is 9.64 Å². The van der Waals surface area contributed by atoms with Crippen LogP contribution >= 0.6 is 0 Å². The Morgan fingerprint density at radius 1 is 1.10 bits per heavy atom. The number of hydrogen-bond acceptors (Lipinski definition) is 3. The van der Waals surface area contributed by atoms with E-state index in [1.54, 1.807) is 12.1 Å². The molecule has 3 nitrogen and oxygen atoms in total. The largest absolute Gasteiger partial charge is 0.460 e. The van der Waals surface area contributed by atoms with Gasteiger partial charge >= 0.3 is 5.97 Å². The van der Waals surface area contributed by atoms with Crippen LogP contribution in [0.5, 0.6) is 0 Å². The van der Waals surface area contributed by atoms with Gasteiger partial charge in [-0.25, -0.2) is 4.79 Å². The molecule has 110 valence electrons. The van der Waals surface area contributed by atoms with Crippen molar-refractivity contribution in [2.75, 3.05) is 24.6 Å². The molecule has 0 amide bonds. The normalized spacial score (nSPS) is 10.2. The van der Waals surface area contributed by atoms with E-state index >= 15 is 0 Å². The molecule has 0 aliphatic heterocycles. The minimum atomic E-state index is -0.268. The maximum Gasteiger partial charge on any atom is 0.338 e. The molecule has 0 fully saturated rings. The van der Waals surface area contributed by atoms with E-state index in [0.29, 0.717) is 18.7 Å². The van der Waals surface area contributed by atoms with Gasteiger partial charge in [0.05, 0.1) is 12.1 Å². The van der Waals surface area contributed by atoms with Crippen molar-refractivity contribution in [3.63, 3.8) is 0 Å². The predicted octanol–water partition coefficient (Wildman–Crippen LogP) is 3.68. The van der Waals surface area contributed by atoms with Crippen LogP contribution in [0.15, 0.2) is 54.6 Å². The van der Waals surface area contributed by atoms with Crippen molar-refractivity contribution in [2.24, 2.45) is 0 Å². The van der Waals surface area contributed by atoms with Crippen LogP contribution in [0.4, 0.5) is 5.69 Å². The highest BCUT2D eigenvalue weighted by Crippen LogP contribution is 2.15. The molecule has 0 bridgehead atoms. The number of nitrogens with zero attached hydrogens (tertiary/aromatic N) is 1. The Kier molecular flexibility index (Phi) is 5.38. The first-order chi connectivity index (χ1) is 10.2. The van der Waals surface area contributed by atoms with Gasteiger partial charge in [-0.15, -0.1) is 0 Å². The minimum absolute atomic E-state index is 0.268. The lowest BCUT2D eigenvalue weighted by Crippen LogP contribution is -2.28. The van der Waals surface area contributed by atoms with Crippen LogP contribution in [0.3, 0.4) is 0 Å². The SMILES string of the molecule is CCN(CCOC(=O)c1ccccc1)c1cccc(C)c1. The van der Waals surface area contributed by atoms with E-state index in [9.17, 15) is 4.79 Å².